The summed E-state index contributed by atoms with van der Waals surface area (Å²) >= 11 is 0. The average molecular weight is 565 g/mol. The second-order valence-electron chi connectivity index (χ2n) is 10.3. The van der Waals surface area contributed by atoms with Crippen LogP contribution in [0.1, 0.15) is 51.0 Å². The van der Waals surface area contributed by atoms with Gasteiger partial charge in [-0.15, -0.1) is 10.2 Å². The number of phenols is 1. The van der Waals surface area contributed by atoms with E-state index in [1.54, 1.807) is 30.6 Å². The number of aromatic nitrogens is 5. The normalized spacial score (nSPS) is 14.9. The highest BCUT2D eigenvalue weighted by molar-refractivity contribution is 7.93. The van der Waals surface area contributed by atoms with E-state index in [4.69, 9.17) is 9.47 Å². The van der Waals surface area contributed by atoms with Crippen molar-refractivity contribution in [1.29, 1.82) is 0 Å². The van der Waals surface area contributed by atoms with Gasteiger partial charge in [-0.3, -0.25) is 9.29 Å². The number of aromatic hydroxyl groups is 1. The number of nitrogens with one attached hydrogen (secondary N) is 1. The molecule has 3 aromatic rings. The summed E-state index contributed by atoms with van der Waals surface area (Å²) in [4.78, 5) is 8.48. The van der Waals surface area contributed by atoms with Crippen LogP contribution in [-0.2, 0) is 14.8 Å². The molecule has 0 aliphatic heterocycles. The Balaban J connectivity index is 1.85. The highest BCUT2D eigenvalue weighted by Crippen LogP contribution is 2.37. The zero-order valence-corrected chi connectivity index (χ0v) is 24.2. The fourth-order valence-corrected chi connectivity index (χ4v) is 5.16. The quantitative estimate of drug-likeness (QED) is 0.364. The van der Waals surface area contributed by atoms with Crippen LogP contribution >= 0.6 is 0 Å². The highest BCUT2D eigenvalue weighted by Gasteiger charge is 2.35. The summed E-state index contributed by atoms with van der Waals surface area (Å²) in [5.74, 6) is 0.362. The number of aryl methyl sites for hydroxylation is 1. The van der Waals surface area contributed by atoms with Crippen molar-refractivity contribution in [3.63, 3.8) is 0 Å². The van der Waals surface area contributed by atoms with Crippen LogP contribution in [0.4, 0.5) is 5.95 Å². The van der Waals surface area contributed by atoms with Crippen LogP contribution in [0.5, 0.6) is 11.5 Å². The third-order valence-corrected chi connectivity index (χ3v) is 8.03. The zero-order chi connectivity index (χ0) is 29.2. The number of benzene rings is 1. The number of sulfonamides is 1. The molecule has 1 aromatic carbocycles. The first-order valence-corrected chi connectivity index (χ1v) is 14.0. The molecule has 2 aromatic heterocycles. The number of ether oxygens (including phenoxy) is 2. The number of hydrogen-bond acceptors (Lipinski definition) is 9. The van der Waals surface area contributed by atoms with Crippen LogP contribution in [0.2, 0.25) is 0 Å². The minimum atomic E-state index is -4.16. The molecule has 0 unspecified atom stereocenters. The predicted molar refractivity (Wildman–Crippen MR) is 151 cm³/mol. The summed E-state index contributed by atoms with van der Waals surface area (Å²) in [5.41, 5.74) is 8.48. The van der Waals surface area contributed by atoms with Gasteiger partial charge in [0.15, 0.2) is 11.6 Å². The summed E-state index contributed by atoms with van der Waals surface area (Å²) in [6, 6.07) is 4.70. The standard InChI is InChI=1S/C28H32N6O5S/c1-17-15-29-25(30-16-17)24(39-7)18(2)40(36,37)33-27-32-31-26(19-11-13-20(14-12-19)28(3,4)5)34(27)23-21(35)9-8-10-22(23)38-6/h8-11,13,15-16,18,24,35H,1-7H3,(H,32,33)/t18-,24-/m0/s1. The van der Waals surface area contributed by atoms with Gasteiger partial charge in [-0.1, -0.05) is 38.3 Å². The molecule has 2 heterocycles. The van der Waals surface area contributed by atoms with Crippen molar-refractivity contribution in [2.24, 2.45) is 5.41 Å². The summed E-state index contributed by atoms with van der Waals surface area (Å²) in [7, 11) is -1.33. The zero-order valence-electron chi connectivity index (χ0n) is 23.4. The Morgan fingerprint density at radius 2 is 1.77 bits per heavy atom. The summed E-state index contributed by atoms with van der Waals surface area (Å²) in [6.45, 7) is 9.49. The molecule has 11 nitrogen and oxygen atoms in total. The molecule has 0 amide bonds. The highest BCUT2D eigenvalue weighted by atomic mass is 32.2. The Kier molecular flexibility index (Phi) is 8.00. The summed E-state index contributed by atoms with van der Waals surface area (Å²) in [5, 5.41) is 18.1. The number of allylic oxidation sites excluding steroid dienone is 4. The van der Waals surface area contributed by atoms with E-state index in [9.17, 15) is 13.5 Å². The molecule has 2 N–H and O–H groups in total. The number of anilines is 1. The van der Waals surface area contributed by atoms with Crippen molar-refractivity contribution in [3.8, 4) is 17.2 Å². The summed E-state index contributed by atoms with van der Waals surface area (Å²) < 4.78 is 42.1. The average Bonchev–Trinajstić information content (AvgIpc) is 3.31. The Morgan fingerprint density at radius 1 is 1.07 bits per heavy atom. The third kappa shape index (κ3) is 5.71. The minimum absolute atomic E-state index is 0.147. The second-order valence-corrected chi connectivity index (χ2v) is 12.3. The topological polar surface area (TPSA) is 141 Å². The van der Waals surface area contributed by atoms with Crippen molar-refractivity contribution < 1.29 is 23.0 Å². The molecule has 1 aliphatic carbocycles. The molecule has 40 heavy (non-hydrogen) atoms. The van der Waals surface area contributed by atoms with Crippen molar-refractivity contribution in [2.75, 3.05) is 18.9 Å². The largest absolute Gasteiger partial charge is 0.506 e. The van der Waals surface area contributed by atoms with Gasteiger partial charge in [-0.05, 0) is 49.1 Å². The Bertz CT molecular complexity index is 1660. The van der Waals surface area contributed by atoms with Crippen molar-refractivity contribution in [1.82, 2.24) is 24.7 Å². The van der Waals surface area contributed by atoms with Gasteiger partial charge in [-0.2, -0.15) is 0 Å². The van der Waals surface area contributed by atoms with Gasteiger partial charge in [-0.25, -0.2) is 18.4 Å². The fraction of sp³-hybridized carbons (Fsp3) is 0.357. The number of para-hydroxylation sites is 1. The van der Waals surface area contributed by atoms with Crippen molar-refractivity contribution >= 4 is 21.5 Å². The molecular formula is C28H32N6O5S. The molecule has 0 radical (unpaired) electrons. The number of nitrogens with zero attached hydrogens (tertiary/aromatic N) is 5. The maximum Gasteiger partial charge on any atom is 0.243 e. The lowest BCUT2D eigenvalue weighted by Gasteiger charge is -2.22. The van der Waals surface area contributed by atoms with Crippen LogP contribution in [0.15, 0.2) is 59.8 Å². The van der Waals surface area contributed by atoms with Gasteiger partial charge in [0.05, 0.1) is 12.7 Å². The van der Waals surface area contributed by atoms with E-state index < -0.39 is 21.4 Å². The first-order chi connectivity index (χ1) is 18.9. The fourth-order valence-electron chi connectivity index (χ4n) is 4.03. The van der Waals surface area contributed by atoms with E-state index in [-0.39, 0.29) is 40.2 Å². The molecule has 12 heteroatoms. The molecule has 2 atom stereocenters. The lowest BCUT2D eigenvalue weighted by molar-refractivity contribution is 0.0949. The van der Waals surface area contributed by atoms with Crippen molar-refractivity contribution in [2.45, 2.75) is 46.0 Å². The maximum absolute atomic E-state index is 13.6. The lowest BCUT2D eigenvalue weighted by atomic mass is 9.85. The molecule has 0 spiro atoms. The molecule has 210 valence electrons. The third-order valence-electron chi connectivity index (χ3n) is 6.34. The minimum Gasteiger partial charge on any atom is -0.506 e. The van der Waals surface area contributed by atoms with E-state index in [1.807, 2.05) is 13.0 Å². The molecule has 0 bridgehead atoms. The lowest BCUT2D eigenvalue weighted by Crippen LogP contribution is -2.33. The van der Waals surface area contributed by atoms with E-state index >= 15 is 0 Å². The number of rotatable bonds is 9. The number of phenolic OH excluding ortho intramolecular Hbond substituents is 1. The van der Waals surface area contributed by atoms with Gasteiger partial charge >= 0.3 is 0 Å². The van der Waals surface area contributed by atoms with Crippen LogP contribution < -0.4 is 9.46 Å². The monoisotopic (exact) mass is 564 g/mol. The second kappa shape index (κ2) is 11.1. The smallest absolute Gasteiger partial charge is 0.243 e. The van der Waals surface area contributed by atoms with E-state index in [0.29, 0.717) is 5.57 Å². The van der Waals surface area contributed by atoms with Crippen molar-refractivity contribution in [3.05, 3.63) is 77.0 Å². The van der Waals surface area contributed by atoms with Gasteiger partial charge in [0, 0.05) is 25.1 Å². The van der Waals surface area contributed by atoms with Crippen LogP contribution in [0.3, 0.4) is 0 Å². The van der Waals surface area contributed by atoms with E-state index in [0.717, 1.165) is 11.1 Å². The molecule has 0 fully saturated rings. The predicted octanol–water partition coefficient (Wildman–Crippen LogP) is 4.28. The van der Waals surface area contributed by atoms with E-state index in [2.05, 4.69) is 57.1 Å². The molecule has 0 saturated carbocycles. The van der Waals surface area contributed by atoms with Gasteiger partial charge in [0.2, 0.25) is 16.0 Å². The Morgan fingerprint density at radius 3 is 2.35 bits per heavy atom. The SMILES string of the molecule is COc1cccc(O)c1-n1c(NS(=O)(=O)[C@@H](C)[C@H](OC)c2ncc(C)cn2)nnc1C1=C=C=C(C(C)(C)C)C=C1. The molecule has 4 rings (SSSR count). The van der Waals surface area contributed by atoms with Crippen LogP contribution in [0.25, 0.3) is 11.3 Å². The van der Waals surface area contributed by atoms with Gasteiger partial charge in [0.1, 0.15) is 28.5 Å². The van der Waals surface area contributed by atoms with Crippen LogP contribution in [-0.4, -0.2) is 57.7 Å². The Labute approximate surface area is 233 Å². The van der Waals surface area contributed by atoms with E-state index in [1.165, 1.54) is 31.8 Å². The number of hydrogen-bond donors (Lipinski definition) is 2. The van der Waals surface area contributed by atoms with Gasteiger partial charge in [0.25, 0.3) is 0 Å². The molecule has 1 aliphatic rings. The summed E-state index contributed by atoms with van der Waals surface area (Å²) in [6.07, 6.45) is 5.89. The van der Waals surface area contributed by atoms with Gasteiger partial charge < -0.3 is 14.6 Å². The number of methoxy groups -OCH3 is 2. The Hall–Kier alpha value is -4.21. The molecule has 0 saturated heterocycles. The first-order valence-electron chi connectivity index (χ1n) is 12.5. The first kappa shape index (κ1) is 28.8. The van der Waals surface area contributed by atoms with Crippen LogP contribution in [0, 0.1) is 12.3 Å². The molecular weight excluding hydrogens is 532 g/mol. The maximum atomic E-state index is 13.6.